The van der Waals surface area contributed by atoms with Gasteiger partial charge in [0, 0.05) is 5.69 Å². The number of hydrogen-bond acceptors (Lipinski definition) is 2. The molecule has 19 heavy (non-hydrogen) atoms. The molecule has 0 aromatic heterocycles. The van der Waals surface area contributed by atoms with Gasteiger partial charge in [-0.1, -0.05) is 39.0 Å². The molecule has 0 aliphatic heterocycles. The molecule has 1 N–H and O–H groups in total. The van der Waals surface area contributed by atoms with Crippen LogP contribution in [0.4, 0.5) is 10.5 Å². The standard InChI is InChI=1S/C16H23NO2/c1-12-9-14(11-16(2,3)10-12)19-15(18)17-13-7-5-4-6-8-13/h4-8,12,14H,9-11H2,1-3H3,(H,17,18)/t12-,14-/m1/s1. The van der Waals surface area contributed by atoms with Crippen molar-refractivity contribution in [2.24, 2.45) is 11.3 Å². The summed E-state index contributed by atoms with van der Waals surface area (Å²) >= 11 is 0. The number of rotatable bonds is 2. The van der Waals surface area contributed by atoms with E-state index < -0.39 is 0 Å². The van der Waals surface area contributed by atoms with E-state index in [4.69, 9.17) is 4.74 Å². The Hall–Kier alpha value is -1.51. The largest absolute Gasteiger partial charge is 0.446 e. The summed E-state index contributed by atoms with van der Waals surface area (Å²) in [5.74, 6) is 0.610. The number of carbonyl (C=O) groups excluding carboxylic acids is 1. The molecule has 1 aromatic rings. The average molecular weight is 261 g/mol. The summed E-state index contributed by atoms with van der Waals surface area (Å²) in [6, 6.07) is 9.41. The predicted molar refractivity (Wildman–Crippen MR) is 77.1 cm³/mol. The second-order valence-electron chi connectivity index (χ2n) is 6.43. The first-order valence-electron chi connectivity index (χ1n) is 6.97. The molecule has 1 fully saturated rings. The molecule has 0 heterocycles. The number of nitrogens with one attached hydrogen (secondary N) is 1. The first-order valence-corrected chi connectivity index (χ1v) is 6.97. The lowest BCUT2D eigenvalue weighted by atomic mass is 9.71. The molecule has 0 radical (unpaired) electrons. The first kappa shape index (κ1) is 13.9. The van der Waals surface area contributed by atoms with Gasteiger partial charge in [-0.2, -0.15) is 0 Å². The Balaban J connectivity index is 1.88. The van der Waals surface area contributed by atoms with Crippen LogP contribution >= 0.6 is 0 Å². The van der Waals surface area contributed by atoms with Crippen LogP contribution in [0.15, 0.2) is 30.3 Å². The molecule has 0 unspecified atom stereocenters. The van der Waals surface area contributed by atoms with Crippen molar-refractivity contribution in [1.29, 1.82) is 0 Å². The van der Waals surface area contributed by atoms with Crippen molar-refractivity contribution in [3.8, 4) is 0 Å². The second kappa shape index (κ2) is 5.64. The summed E-state index contributed by atoms with van der Waals surface area (Å²) in [7, 11) is 0. The summed E-state index contributed by atoms with van der Waals surface area (Å²) in [4.78, 5) is 11.9. The molecule has 1 amide bonds. The number of para-hydroxylation sites is 1. The van der Waals surface area contributed by atoms with Crippen LogP contribution in [0, 0.1) is 11.3 Å². The highest BCUT2D eigenvalue weighted by Crippen LogP contribution is 2.39. The van der Waals surface area contributed by atoms with E-state index in [1.165, 1.54) is 6.42 Å². The Morgan fingerprint density at radius 3 is 2.58 bits per heavy atom. The number of anilines is 1. The van der Waals surface area contributed by atoms with Gasteiger partial charge in [0.1, 0.15) is 6.10 Å². The van der Waals surface area contributed by atoms with Gasteiger partial charge in [0.25, 0.3) is 0 Å². The van der Waals surface area contributed by atoms with Crippen LogP contribution in [0.5, 0.6) is 0 Å². The van der Waals surface area contributed by atoms with E-state index in [0.29, 0.717) is 5.92 Å². The van der Waals surface area contributed by atoms with Gasteiger partial charge in [0.05, 0.1) is 0 Å². The van der Waals surface area contributed by atoms with Gasteiger partial charge in [-0.05, 0) is 42.7 Å². The van der Waals surface area contributed by atoms with Crippen molar-refractivity contribution in [1.82, 2.24) is 0 Å². The molecule has 3 nitrogen and oxygen atoms in total. The minimum Gasteiger partial charge on any atom is -0.446 e. The van der Waals surface area contributed by atoms with E-state index in [0.717, 1.165) is 18.5 Å². The zero-order chi connectivity index (χ0) is 13.9. The Bertz CT molecular complexity index is 428. The Morgan fingerprint density at radius 1 is 1.26 bits per heavy atom. The maximum Gasteiger partial charge on any atom is 0.411 e. The third-order valence-electron chi connectivity index (χ3n) is 3.64. The van der Waals surface area contributed by atoms with E-state index in [9.17, 15) is 4.79 Å². The summed E-state index contributed by atoms with van der Waals surface area (Å²) in [5.41, 5.74) is 1.03. The minimum absolute atomic E-state index is 0.0301. The topological polar surface area (TPSA) is 38.3 Å². The van der Waals surface area contributed by atoms with Crippen molar-refractivity contribution >= 4 is 11.8 Å². The highest BCUT2D eigenvalue weighted by molar-refractivity contribution is 5.84. The van der Waals surface area contributed by atoms with Gasteiger partial charge < -0.3 is 4.74 Å². The maximum absolute atomic E-state index is 11.9. The molecule has 1 saturated carbocycles. The fraction of sp³-hybridized carbons (Fsp3) is 0.562. The van der Waals surface area contributed by atoms with Crippen molar-refractivity contribution in [3.05, 3.63) is 30.3 Å². The lowest BCUT2D eigenvalue weighted by Crippen LogP contribution is -2.34. The monoisotopic (exact) mass is 261 g/mol. The average Bonchev–Trinajstić information content (AvgIpc) is 2.26. The molecule has 1 aliphatic carbocycles. The smallest absolute Gasteiger partial charge is 0.411 e. The van der Waals surface area contributed by atoms with Crippen molar-refractivity contribution in [2.75, 3.05) is 5.32 Å². The van der Waals surface area contributed by atoms with Crippen LogP contribution in [0.3, 0.4) is 0 Å². The fourth-order valence-electron chi connectivity index (χ4n) is 3.17. The molecule has 2 atom stereocenters. The Morgan fingerprint density at radius 2 is 1.95 bits per heavy atom. The molecule has 0 bridgehead atoms. The number of carbonyl (C=O) groups is 1. The highest BCUT2D eigenvalue weighted by Gasteiger charge is 2.33. The lowest BCUT2D eigenvalue weighted by molar-refractivity contribution is 0.0250. The Kier molecular flexibility index (Phi) is 4.13. The van der Waals surface area contributed by atoms with Gasteiger partial charge in [-0.15, -0.1) is 0 Å². The second-order valence-corrected chi connectivity index (χ2v) is 6.43. The third-order valence-corrected chi connectivity index (χ3v) is 3.64. The van der Waals surface area contributed by atoms with Gasteiger partial charge in [-0.3, -0.25) is 5.32 Å². The van der Waals surface area contributed by atoms with E-state index in [1.54, 1.807) is 0 Å². The van der Waals surface area contributed by atoms with Crippen LogP contribution in [0.1, 0.15) is 40.0 Å². The van der Waals surface area contributed by atoms with E-state index in [2.05, 4.69) is 26.1 Å². The van der Waals surface area contributed by atoms with E-state index >= 15 is 0 Å². The first-order chi connectivity index (χ1) is 8.94. The fourth-order valence-corrected chi connectivity index (χ4v) is 3.17. The summed E-state index contributed by atoms with van der Waals surface area (Å²) in [6.45, 7) is 6.72. The van der Waals surface area contributed by atoms with E-state index in [-0.39, 0.29) is 17.6 Å². The molecule has 3 heteroatoms. The third kappa shape index (κ3) is 4.27. The summed E-state index contributed by atoms with van der Waals surface area (Å²) in [5, 5.41) is 2.77. The normalized spacial score (nSPS) is 25.6. The molecule has 2 rings (SSSR count). The molecule has 104 valence electrons. The SMILES string of the molecule is C[C@@H]1C[C@@H](OC(=O)Nc2ccccc2)CC(C)(C)C1. The summed E-state index contributed by atoms with van der Waals surface area (Å²) < 4.78 is 5.55. The number of benzene rings is 1. The van der Waals surface area contributed by atoms with Crippen LogP contribution in [0.25, 0.3) is 0 Å². The summed E-state index contributed by atoms with van der Waals surface area (Å²) in [6.07, 6.45) is 2.79. The zero-order valence-corrected chi connectivity index (χ0v) is 12.0. The zero-order valence-electron chi connectivity index (χ0n) is 12.0. The number of amides is 1. The lowest BCUT2D eigenvalue weighted by Gasteiger charge is -2.38. The van der Waals surface area contributed by atoms with E-state index in [1.807, 2.05) is 30.3 Å². The number of ether oxygens (including phenoxy) is 1. The van der Waals surface area contributed by atoms with Gasteiger partial charge in [0.2, 0.25) is 0 Å². The van der Waals surface area contributed by atoms with Crippen molar-refractivity contribution in [2.45, 2.75) is 46.1 Å². The minimum atomic E-state index is -0.346. The van der Waals surface area contributed by atoms with Crippen LogP contribution < -0.4 is 5.32 Å². The maximum atomic E-state index is 11.9. The molecule has 1 aliphatic rings. The molecule has 0 spiro atoms. The van der Waals surface area contributed by atoms with Crippen LogP contribution in [-0.2, 0) is 4.74 Å². The molecular formula is C16H23NO2. The van der Waals surface area contributed by atoms with Crippen LogP contribution in [0.2, 0.25) is 0 Å². The Labute approximate surface area is 115 Å². The van der Waals surface area contributed by atoms with Gasteiger partial charge >= 0.3 is 6.09 Å². The molecule has 0 saturated heterocycles. The van der Waals surface area contributed by atoms with Gasteiger partial charge in [0.15, 0.2) is 0 Å². The van der Waals surface area contributed by atoms with Crippen molar-refractivity contribution in [3.63, 3.8) is 0 Å². The van der Waals surface area contributed by atoms with Gasteiger partial charge in [-0.25, -0.2) is 4.79 Å². The highest BCUT2D eigenvalue weighted by atomic mass is 16.6. The quantitative estimate of drug-likeness (QED) is 0.854. The van der Waals surface area contributed by atoms with Crippen LogP contribution in [-0.4, -0.2) is 12.2 Å². The van der Waals surface area contributed by atoms with Crippen molar-refractivity contribution < 1.29 is 9.53 Å². The number of hydrogen-bond donors (Lipinski definition) is 1. The molecule has 1 aromatic carbocycles. The predicted octanol–water partition coefficient (Wildman–Crippen LogP) is 4.45. The molecular weight excluding hydrogens is 238 g/mol.